The number of methoxy groups -OCH3 is 1. The molecule has 0 saturated heterocycles. The molecule has 8 heteroatoms. The van der Waals surface area contributed by atoms with Crippen molar-refractivity contribution in [2.45, 2.75) is 9.92 Å². The second-order valence-electron chi connectivity index (χ2n) is 3.55. The van der Waals surface area contributed by atoms with E-state index in [2.05, 4.69) is 14.7 Å². The Labute approximate surface area is 118 Å². The number of esters is 1. The van der Waals surface area contributed by atoms with E-state index in [0.717, 1.165) is 16.7 Å². The Balaban J connectivity index is 2.42. The predicted octanol–water partition coefficient (Wildman–Crippen LogP) is 2.32. The Kier molecular flexibility index (Phi) is 4.26. The van der Waals surface area contributed by atoms with E-state index in [4.69, 9.17) is 0 Å². The minimum Gasteiger partial charge on any atom is -0.464 e. The highest BCUT2D eigenvalue weighted by Crippen LogP contribution is 2.32. The summed E-state index contributed by atoms with van der Waals surface area (Å²) in [6.45, 7) is 0. The van der Waals surface area contributed by atoms with Crippen molar-refractivity contribution in [2.24, 2.45) is 0 Å². The summed E-state index contributed by atoms with van der Waals surface area (Å²) in [7, 11) is 1.22. The maximum atomic E-state index is 11.4. The number of pyridine rings is 2. The van der Waals surface area contributed by atoms with Crippen LogP contribution in [0.15, 0.2) is 46.6 Å². The first-order valence-electron chi connectivity index (χ1n) is 5.43. The summed E-state index contributed by atoms with van der Waals surface area (Å²) in [6.07, 6.45) is 3.14. The van der Waals surface area contributed by atoms with E-state index in [-0.39, 0.29) is 16.4 Å². The van der Waals surface area contributed by atoms with Crippen molar-refractivity contribution in [2.75, 3.05) is 7.11 Å². The van der Waals surface area contributed by atoms with Gasteiger partial charge in [0, 0.05) is 23.4 Å². The lowest BCUT2D eigenvalue weighted by molar-refractivity contribution is -0.388. The molecule has 0 aliphatic rings. The lowest BCUT2D eigenvalue weighted by Gasteiger charge is -2.04. The minimum atomic E-state index is -0.642. The molecule has 0 spiro atoms. The normalized spacial score (nSPS) is 10.1. The first-order valence-corrected chi connectivity index (χ1v) is 6.25. The quantitative estimate of drug-likeness (QED) is 0.484. The summed E-state index contributed by atoms with van der Waals surface area (Å²) >= 11 is 1.08. The van der Waals surface area contributed by atoms with Crippen LogP contribution in [-0.2, 0) is 4.74 Å². The summed E-state index contributed by atoms with van der Waals surface area (Å²) < 4.78 is 4.55. The molecule has 0 aromatic carbocycles. The van der Waals surface area contributed by atoms with Crippen LogP contribution in [-0.4, -0.2) is 28.0 Å². The fraction of sp³-hybridized carbons (Fsp3) is 0.0833. The van der Waals surface area contributed by atoms with Gasteiger partial charge in [0.05, 0.1) is 12.0 Å². The van der Waals surface area contributed by atoms with Gasteiger partial charge in [-0.3, -0.25) is 15.1 Å². The number of carbonyl (C=O) groups excluding carboxylic acids is 1. The van der Waals surface area contributed by atoms with Crippen molar-refractivity contribution in [3.63, 3.8) is 0 Å². The zero-order valence-corrected chi connectivity index (χ0v) is 11.2. The lowest BCUT2D eigenvalue weighted by Crippen LogP contribution is -2.06. The number of nitrogens with zero attached hydrogens (tertiary/aromatic N) is 3. The molecule has 0 saturated carbocycles. The first-order chi connectivity index (χ1) is 9.61. The zero-order chi connectivity index (χ0) is 14.5. The van der Waals surface area contributed by atoms with Gasteiger partial charge in [0.25, 0.3) is 0 Å². The Bertz CT molecular complexity index is 648. The van der Waals surface area contributed by atoms with Crippen LogP contribution < -0.4 is 0 Å². The Hall–Kier alpha value is -2.48. The summed E-state index contributed by atoms with van der Waals surface area (Å²) in [5.41, 5.74) is -0.144. The number of carbonyl (C=O) groups is 1. The highest BCUT2D eigenvalue weighted by atomic mass is 32.2. The van der Waals surface area contributed by atoms with Crippen LogP contribution in [0.1, 0.15) is 10.5 Å². The molecule has 0 N–H and O–H groups in total. The van der Waals surface area contributed by atoms with Gasteiger partial charge >= 0.3 is 11.7 Å². The van der Waals surface area contributed by atoms with E-state index in [1.807, 2.05) is 0 Å². The lowest BCUT2D eigenvalue weighted by atomic mass is 10.3. The summed E-state index contributed by atoms with van der Waals surface area (Å²) in [5, 5.41) is 11.1. The van der Waals surface area contributed by atoms with Gasteiger partial charge in [0.15, 0.2) is 5.03 Å². The molecule has 0 atom stereocenters. The highest BCUT2D eigenvalue weighted by molar-refractivity contribution is 7.99. The van der Waals surface area contributed by atoms with Crippen LogP contribution in [0.5, 0.6) is 0 Å². The van der Waals surface area contributed by atoms with Gasteiger partial charge in [0.2, 0.25) is 0 Å². The summed E-state index contributed by atoms with van der Waals surface area (Å²) in [6, 6.07) is 5.89. The van der Waals surface area contributed by atoms with Crippen LogP contribution in [0.3, 0.4) is 0 Å². The van der Waals surface area contributed by atoms with Gasteiger partial charge in [-0.05, 0) is 18.2 Å². The number of hydrogen-bond acceptors (Lipinski definition) is 7. The van der Waals surface area contributed by atoms with Crippen LogP contribution in [0.2, 0.25) is 0 Å². The number of hydrogen-bond donors (Lipinski definition) is 0. The minimum absolute atomic E-state index is 0.0228. The first kappa shape index (κ1) is 13.9. The molecule has 0 amide bonds. The molecule has 20 heavy (non-hydrogen) atoms. The molecule has 7 nitrogen and oxygen atoms in total. The third-order valence-electron chi connectivity index (χ3n) is 2.30. The van der Waals surface area contributed by atoms with Crippen molar-refractivity contribution in [1.29, 1.82) is 0 Å². The molecule has 2 aromatic rings. The summed E-state index contributed by atoms with van der Waals surface area (Å²) in [5.74, 6) is -0.642. The van der Waals surface area contributed by atoms with Gasteiger partial charge in [-0.1, -0.05) is 11.8 Å². The van der Waals surface area contributed by atoms with Gasteiger partial charge in [-0.25, -0.2) is 9.78 Å². The molecular formula is C12H9N3O4S. The molecule has 0 unspecified atom stereocenters. The second-order valence-corrected chi connectivity index (χ2v) is 4.62. The van der Waals surface area contributed by atoms with Crippen molar-refractivity contribution >= 4 is 23.4 Å². The number of rotatable bonds is 4. The summed E-state index contributed by atoms with van der Waals surface area (Å²) in [4.78, 5) is 30.4. The number of aromatic nitrogens is 2. The van der Waals surface area contributed by atoms with Crippen LogP contribution in [0, 0.1) is 10.1 Å². The molecule has 0 bridgehead atoms. The van der Waals surface area contributed by atoms with Gasteiger partial charge in [0.1, 0.15) is 5.69 Å². The molecule has 0 radical (unpaired) electrons. The van der Waals surface area contributed by atoms with Crippen LogP contribution in [0.25, 0.3) is 0 Å². The zero-order valence-electron chi connectivity index (χ0n) is 10.3. The van der Waals surface area contributed by atoms with E-state index in [9.17, 15) is 14.9 Å². The Morgan fingerprint density at radius 1 is 1.30 bits per heavy atom. The molecule has 2 aromatic heterocycles. The van der Waals surface area contributed by atoms with Gasteiger partial charge in [-0.15, -0.1) is 0 Å². The largest absolute Gasteiger partial charge is 0.464 e. The van der Waals surface area contributed by atoms with E-state index < -0.39 is 10.9 Å². The van der Waals surface area contributed by atoms with Crippen molar-refractivity contribution < 1.29 is 14.5 Å². The third-order valence-corrected chi connectivity index (χ3v) is 3.30. The number of nitro groups is 1. The van der Waals surface area contributed by atoms with E-state index in [0.29, 0.717) is 0 Å². The number of ether oxygens (including phenoxy) is 1. The highest BCUT2D eigenvalue weighted by Gasteiger charge is 2.20. The molecule has 0 fully saturated rings. The van der Waals surface area contributed by atoms with E-state index in [1.54, 1.807) is 24.5 Å². The average Bonchev–Trinajstić information content (AvgIpc) is 2.47. The standard InChI is InChI=1S/C12H9N3O4S/c1-19-12(16)9-2-3-10(15(17)18)11(14-9)20-8-4-6-13-7-5-8/h2-7H,1H3. The molecule has 102 valence electrons. The SMILES string of the molecule is COC(=O)c1ccc([N+](=O)[O-])c(Sc2ccncc2)n1. The van der Waals surface area contributed by atoms with Gasteiger partial charge in [-0.2, -0.15) is 0 Å². The molecule has 0 aliphatic carbocycles. The Morgan fingerprint density at radius 3 is 2.60 bits per heavy atom. The molecular weight excluding hydrogens is 282 g/mol. The molecule has 2 rings (SSSR count). The van der Waals surface area contributed by atoms with E-state index in [1.165, 1.54) is 19.2 Å². The molecule has 2 heterocycles. The monoisotopic (exact) mass is 291 g/mol. The van der Waals surface area contributed by atoms with Crippen LogP contribution in [0.4, 0.5) is 5.69 Å². The predicted molar refractivity (Wildman–Crippen MR) is 70.6 cm³/mol. The second kappa shape index (κ2) is 6.11. The third kappa shape index (κ3) is 3.09. The van der Waals surface area contributed by atoms with Crippen LogP contribution >= 0.6 is 11.8 Å². The maximum absolute atomic E-state index is 11.4. The average molecular weight is 291 g/mol. The Morgan fingerprint density at radius 2 is 2.00 bits per heavy atom. The van der Waals surface area contributed by atoms with Crippen molar-refractivity contribution in [3.05, 3.63) is 52.5 Å². The van der Waals surface area contributed by atoms with Crippen molar-refractivity contribution in [1.82, 2.24) is 9.97 Å². The smallest absolute Gasteiger partial charge is 0.356 e. The molecule has 0 aliphatic heterocycles. The topological polar surface area (TPSA) is 95.2 Å². The fourth-order valence-corrected chi connectivity index (χ4v) is 2.26. The maximum Gasteiger partial charge on any atom is 0.356 e. The van der Waals surface area contributed by atoms with E-state index >= 15 is 0 Å². The fourth-order valence-electron chi connectivity index (χ4n) is 1.38. The van der Waals surface area contributed by atoms with Crippen molar-refractivity contribution in [3.8, 4) is 0 Å². The van der Waals surface area contributed by atoms with Gasteiger partial charge < -0.3 is 4.74 Å².